The second kappa shape index (κ2) is 7.81. The molecular weight excluding hydrogens is 292 g/mol. The lowest BCUT2D eigenvalue weighted by Crippen LogP contribution is -2.24. The minimum atomic E-state index is -0.748. The Balaban J connectivity index is 1.80. The Morgan fingerprint density at radius 1 is 1.09 bits per heavy atom. The molecule has 0 bridgehead atoms. The van der Waals surface area contributed by atoms with E-state index in [-0.39, 0.29) is 12.3 Å². The normalized spacial score (nSPS) is 10.9. The molecule has 1 aromatic carbocycles. The van der Waals surface area contributed by atoms with Gasteiger partial charge in [0.15, 0.2) is 0 Å². The highest BCUT2D eigenvalue weighted by molar-refractivity contribution is 5.98. The monoisotopic (exact) mass is 316 g/mol. The number of aromatic nitrogens is 1. The summed E-state index contributed by atoms with van der Waals surface area (Å²) < 4.78 is 0. The zero-order valence-electron chi connectivity index (χ0n) is 13.7. The first-order valence-electron chi connectivity index (χ1n) is 8.07. The topological polar surface area (TPSA) is 82.2 Å². The number of nitrogens with one attached hydrogen (secondary N) is 2. The largest absolute Gasteiger partial charge is 0.481 e. The number of aromatic amines is 1. The zero-order chi connectivity index (χ0) is 16.8. The molecule has 5 heteroatoms. The number of aliphatic carboxylic acids is 1. The first kappa shape index (κ1) is 17.1. The molecule has 0 atom stereocenters. The van der Waals surface area contributed by atoms with Crippen molar-refractivity contribution in [1.82, 2.24) is 10.3 Å². The van der Waals surface area contributed by atoms with Crippen molar-refractivity contribution in [2.24, 2.45) is 0 Å². The molecule has 0 fully saturated rings. The van der Waals surface area contributed by atoms with Crippen molar-refractivity contribution in [1.29, 1.82) is 0 Å². The summed E-state index contributed by atoms with van der Waals surface area (Å²) in [6.07, 6.45) is 3.60. The molecule has 0 spiro atoms. The van der Waals surface area contributed by atoms with Crippen molar-refractivity contribution in [2.75, 3.05) is 6.54 Å². The number of carboxylic acid groups (broad SMARTS) is 1. The van der Waals surface area contributed by atoms with E-state index in [9.17, 15) is 9.59 Å². The lowest BCUT2D eigenvalue weighted by atomic mass is 10.1. The number of fused-ring (bicyclic) bond motifs is 1. The maximum atomic E-state index is 12.2. The lowest BCUT2D eigenvalue weighted by molar-refractivity contribution is -0.137. The van der Waals surface area contributed by atoms with E-state index in [0.717, 1.165) is 35.7 Å². The van der Waals surface area contributed by atoms with E-state index >= 15 is 0 Å². The minimum absolute atomic E-state index is 0.0937. The number of carbonyl (C=O) groups is 2. The van der Waals surface area contributed by atoms with Crippen LogP contribution in [-0.2, 0) is 4.79 Å². The van der Waals surface area contributed by atoms with Gasteiger partial charge in [0.2, 0.25) is 0 Å². The predicted octanol–water partition coefficient (Wildman–Crippen LogP) is 3.55. The third-order valence-electron chi connectivity index (χ3n) is 3.94. The highest BCUT2D eigenvalue weighted by Crippen LogP contribution is 2.21. The van der Waals surface area contributed by atoms with Crippen LogP contribution in [-0.4, -0.2) is 28.5 Å². The van der Waals surface area contributed by atoms with Crippen LogP contribution in [0.2, 0.25) is 0 Å². The number of aryl methyl sites for hydroxylation is 2. The summed E-state index contributed by atoms with van der Waals surface area (Å²) in [4.78, 5) is 25.7. The summed E-state index contributed by atoms with van der Waals surface area (Å²) >= 11 is 0. The molecule has 0 saturated heterocycles. The SMILES string of the molecule is Cc1cc(C)c2cc(C(=O)NCCCCCCC(=O)O)[nH]c2c1. The van der Waals surface area contributed by atoms with Crippen LogP contribution in [0.1, 0.15) is 53.7 Å². The maximum Gasteiger partial charge on any atom is 0.303 e. The van der Waals surface area contributed by atoms with Gasteiger partial charge >= 0.3 is 5.97 Å². The van der Waals surface area contributed by atoms with Crippen molar-refractivity contribution in [3.05, 3.63) is 35.0 Å². The van der Waals surface area contributed by atoms with Gasteiger partial charge in [-0.05, 0) is 49.9 Å². The van der Waals surface area contributed by atoms with E-state index in [1.54, 1.807) is 0 Å². The number of hydrogen-bond acceptors (Lipinski definition) is 2. The predicted molar refractivity (Wildman–Crippen MR) is 90.8 cm³/mol. The Hall–Kier alpha value is -2.30. The number of amides is 1. The van der Waals surface area contributed by atoms with E-state index in [2.05, 4.69) is 16.4 Å². The van der Waals surface area contributed by atoms with Gasteiger partial charge in [-0.2, -0.15) is 0 Å². The second-order valence-corrected chi connectivity index (χ2v) is 6.04. The number of hydrogen-bond donors (Lipinski definition) is 3. The Bertz CT molecular complexity index is 704. The van der Waals surface area contributed by atoms with Crippen LogP contribution in [0.15, 0.2) is 18.2 Å². The number of H-pyrrole nitrogens is 1. The van der Waals surface area contributed by atoms with Gasteiger partial charge in [-0.1, -0.05) is 18.9 Å². The van der Waals surface area contributed by atoms with E-state index in [4.69, 9.17) is 5.11 Å². The van der Waals surface area contributed by atoms with Crippen LogP contribution in [0.4, 0.5) is 0 Å². The molecule has 2 rings (SSSR count). The standard InChI is InChI=1S/C18H24N2O3/c1-12-9-13(2)14-11-16(20-15(14)10-12)18(23)19-8-6-4-3-5-7-17(21)22/h9-11,20H,3-8H2,1-2H3,(H,19,23)(H,21,22). The number of carbonyl (C=O) groups excluding carboxylic acids is 1. The van der Waals surface area contributed by atoms with Crippen molar-refractivity contribution in [2.45, 2.75) is 46.0 Å². The first-order valence-corrected chi connectivity index (χ1v) is 8.07. The molecule has 5 nitrogen and oxygen atoms in total. The third kappa shape index (κ3) is 4.84. The summed E-state index contributed by atoms with van der Waals surface area (Å²) in [5, 5.41) is 12.5. The number of rotatable bonds is 8. The van der Waals surface area contributed by atoms with Gasteiger partial charge in [0, 0.05) is 23.9 Å². The van der Waals surface area contributed by atoms with E-state index in [0.29, 0.717) is 18.7 Å². The quantitative estimate of drug-likeness (QED) is 0.651. The smallest absolute Gasteiger partial charge is 0.303 e. The summed E-state index contributed by atoms with van der Waals surface area (Å²) in [6.45, 7) is 4.69. The van der Waals surface area contributed by atoms with Crippen LogP contribution in [0.25, 0.3) is 10.9 Å². The average Bonchev–Trinajstić information content (AvgIpc) is 2.90. The molecule has 3 N–H and O–H groups in total. The van der Waals surface area contributed by atoms with E-state index < -0.39 is 5.97 Å². The second-order valence-electron chi connectivity index (χ2n) is 6.04. The van der Waals surface area contributed by atoms with Crippen molar-refractivity contribution in [3.8, 4) is 0 Å². The van der Waals surface area contributed by atoms with Crippen LogP contribution in [0, 0.1) is 13.8 Å². The number of unbranched alkanes of at least 4 members (excludes halogenated alkanes) is 3. The maximum absolute atomic E-state index is 12.2. The van der Waals surface area contributed by atoms with Gasteiger partial charge in [0.1, 0.15) is 5.69 Å². The van der Waals surface area contributed by atoms with Crippen molar-refractivity contribution in [3.63, 3.8) is 0 Å². The van der Waals surface area contributed by atoms with Gasteiger partial charge in [0.05, 0.1) is 0 Å². The van der Waals surface area contributed by atoms with Gasteiger partial charge < -0.3 is 15.4 Å². The first-order chi connectivity index (χ1) is 11.0. The summed E-state index contributed by atoms with van der Waals surface area (Å²) in [7, 11) is 0. The molecule has 0 radical (unpaired) electrons. The molecule has 0 aliphatic carbocycles. The Labute approximate surface area is 136 Å². The van der Waals surface area contributed by atoms with Crippen LogP contribution in [0.5, 0.6) is 0 Å². The van der Waals surface area contributed by atoms with E-state index in [1.807, 2.05) is 26.0 Å². The fraction of sp³-hybridized carbons (Fsp3) is 0.444. The Morgan fingerprint density at radius 2 is 1.83 bits per heavy atom. The fourth-order valence-corrected chi connectivity index (χ4v) is 2.77. The highest BCUT2D eigenvalue weighted by Gasteiger charge is 2.10. The molecule has 0 unspecified atom stereocenters. The van der Waals surface area contributed by atoms with Crippen LogP contribution >= 0.6 is 0 Å². The summed E-state index contributed by atoms with van der Waals surface area (Å²) in [6, 6.07) is 6.04. The average molecular weight is 316 g/mol. The molecular formula is C18H24N2O3. The highest BCUT2D eigenvalue weighted by atomic mass is 16.4. The molecule has 2 aromatic rings. The number of carboxylic acids is 1. The lowest BCUT2D eigenvalue weighted by Gasteiger charge is -2.03. The summed E-state index contributed by atoms with van der Waals surface area (Å²) in [5.41, 5.74) is 3.90. The molecule has 0 aliphatic rings. The Kier molecular flexibility index (Phi) is 5.79. The zero-order valence-corrected chi connectivity index (χ0v) is 13.7. The molecule has 1 heterocycles. The molecule has 0 saturated carbocycles. The molecule has 124 valence electrons. The minimum Gasteiger partial charge on any atom is -0.481 e. The summed E-state index contributed by atoms with van der Waals surface area (Å²) in [5.74, 6) is -0.841. The number of benzene rings is 1. The third-order valence-corrected chi connectivity index (χ3v) is 3.94. The van der Waals surface area contributed by atoms with Crippen LogP contribution < -0.4 is 5.32 Å². The van der Waals surface area contributed by atoms with E-state index in [1.165, 1.54) is 5.56 Å². The molecule has 23 heavy (non-hydrogen) atoms. The molecule has 1 amide bonds. The van der Waals surface area contributed by atoms with Gasteiger partial charge in [0.25, 0.3) is 5.91 Å². The molecule has 0 aliphatic heterocycles. The molecule has 1 aromatic heterocycles. The van der Waals surface area contributed by atoms with Crippen molar-refractivity contribution >= 4 is 22.8 Å². The van der Waals surface area contributed by atoms with Gasteiger partial charge in [-0.3, -0.25) is 9.59 Å². The van der Waals surface area contributed by atoms with Crippen molar-refractivity contribution < 1.29 is 14.7 Å². The Morgan fingerprint density at radius 3 is 2.57 bits per heavy atom. The van der Waals surface area contributed by atoms with Gasteiger partial charge in [-0.25, -0.2) is 0 Å². The van der Waals surface area contributed by atoms with Crippen LogP contribution in [0.3, 0.4) is 0 Å². The van der Waals surface area contributed by atoms with Gasteiger partial charge in [-0.15, -0.1) is 0 Å². The fourth-order valence-electron chi connectivity index (χ4n) is 2.77.